The molecule has 3 N–H and O–H groups in total. The molecule has 3 unspecified atom stereocenters. The van der Waals surface area contributed by atoms with E-state index in [4.69, 9.17) is 37.0 Å². The van der Waals surface area contributed by atoms with Crippen molar-refractivity contribution in [3.63, 3.8) is 0 Å². The standard InChI is InChI=1S/C75H142O17P2/c1-8-9-10-11-12-13-14-15-20-24-27-30-33-42-49-56-72(77)85-62-71(92-75(80)59-52-45-38-36-41-48-55-68(6)7)65-90-94(83,84)88-61-69(76)60-87-93(81,82)89-64-70(63-86-73(78)57-50-43-37-35-40-47-54-67(4)5)91-74(79)58-51-44-34-31-28-25-22-19-17-16-18-21-23-26-29-32-39-46-53-66(2)3/h13-15,20,66-71,76H,8-12,16-19,21-65H2,1-7H3,(H,81,82)(H,83,84)/b14-13-,20-15-/t69?,70-,71-/m1/s1. The summed E-state index contributed by atoms with van der Waals surface area (Å²) in [7, 11) is -9.92. The van der Waals surface area contributed by atoms with Crippen LogP contribution in [-0.2, 0) is 65.4 Å². The van der Waals surface area contributed by atoms with E-state index in [1.165, 1.54) is 141 Å². The van der Waals surface area contributed by atoms with E-state index in [1.54, 1.807) is 0 Å². The molecule has 0 bridgehead atoms. The molecule has 0 rings (SSSR count). The number of carbonyl (C=O) groups is 4. The van der Waals surface area contributed by atoms with Crippen molar-refractivity contribution >= 4 is 39.5 Å². The van der Waals surface area contributed by atoms with Crippen LogP contribution in [0.5, 0.6) is 0 Å². The quantitative estimate of drug-likeness (QED) is 0.0169. The van der Waals surface area contributed by atoms with Crippen LogP contribution >= 0.6 is 15.6 Å². The van der Waals surface area contributed by atoms with Crippen LogP contribution in [0.25, 0.3) is 0 Å². The van der Waals surface area contributed by atoms with E-state index in [2.05, 4.69) is 72.8 Å². The van der Waals surface area contributed by atoms with E-state index in [0.29, 0.717) is 37.5 Å². The van der Waals surface area contributed by atoms with Crippen molar-refractivity contribution in [1.82, 2.24) is 0 Å². The summed E-state index contributed by atoms with van der Waals surface area (Å²) in [6.45, 7) is 11.7. The van der Waals surface area contributed by atoms with Gasteiger partial charge in [0.25, 0.3) is 0 Å². The third-order valence-electron chi connectivity index (χ3n) is 16.8. The third-order valence-corrected chi connectivity index (χ3v) is 18.7. The van der Waals surface area contributed by atoms with Crippen molar-refractivity contribution in [1.29, 1.82) is 0 Å². The van der Waals surface area contributed by atoms with Gasteiger partial charge in [-0.3, -0.25) is 37.3 Å². The number of phosphoric acid groups is 2. The highest BCUT2D eigenvalue weighted by Gasteiger charge is 2.30. The van der Waals surface area contributed by atoms with E-state index in [-0.39, 0.29) is 25.7 Å². The molecule has 0 radical (unpaired) electrons. The SMILES string of the molecule is CCCCCC/C=C\C=C/CCCCCCCC(=O)OC[C@H](COP(=O)(O)OCC(O)COP(=O)(O)OC[C@@H](COC(=O)CCCCCCCCC(C)C)OC(=O)CCCCCCCCCCCCCCCCCCCCC(C)C)OC(=O)CCCCCCCCC(C)C. The van der Waals surface area contributed by atoms with Crippen molar-refractivity contribution in [2.75, 3.05) is 39.6 Å². The van der Waals surface area contributed by atoms with Gasteiger partial charge in [-0.15, -0.1) is 0 Å². The van der Waals surface area contributed by atoms with Crippen molar-refractivity contribution < 1.29 is 80.2 Å². The fourth-order valence-electron chi connectivity index (χ4n) is 10.9. The van der Waals surface area contributed by atoms with Crippen LogP contribution in [0.3, 0.4) is 0 Å². The van der Waals surface area contributed by atoms with Gasteiger partial charge in [0, 0.05) is 25.7 Å². The van der Waals surface area contributed by atoms with Gasteiger partial charge < -0.3 is 33.8 Å². The summed E-state index contributed by atoms with van der Waals surface area (Å²) in [6.07, 6.45) is 54.1. The highest BCUT2D eigenvalue weighted by molar-refractivity contribution is 7.47. The van der Waals surface area contributed by atoms with Gasteiger partial charge in [0.2, 0.25) is 0 Å². The normalized spacial score (nSPS) is 14.3. The molecule has 0 aliphatic carbocycles. The van der Waals surface area contributed by atoms with Crippen molar-refractivity contribution in [2.24, 2.45) is 17.8 Å². The summed E-state index contributed by atoms with van der Waals surface area (Å²) in [5, 5.41) is 10.6. The Balaban J connectivity index is 5.16. The average Bonchev–Trinajstić information content (AvgIpc) is 1.32. The minimum atomic E-state index is -4.96. The minimum Gasteiger partial charge on any atom is -0.462 e. The van der Waals surface area contributed by atoms with Gasteiger partial charge in [-0.25, -0.2) is 9.13 Å². The minimum absolute atomic E-state index is 0.0950. The Kier molecular flexibility index (Phi) is 63.5. The lowest BCUT2D eigenvalue weighted by Crippen LogP contribution is -2.30. The summed E-state index contributed by atoms with van der Waals surface area (Å²) in [5.41, 5.74) is 0. The topological polar surface area (TPSA) is 237 Å². The Morgan fingerprint density at radius 2 is 0.574 bits per heavy atom. The summed E-state index contributed by atoms with van der Waals surface area (Å²) in [5.74, 6) is 0.00451. The Morgan fingerprint density at radius 1 is 0.330 bits per heavy atom. The van der Waals surface area contributed by atoms with Gasteiger partial charge in [-0.2, -0.15) is 0 Å². The maximum absolute atomic E-state index is 13.0. The number of unbranched alkanes of at least 4 members (excludes halogenated alkanes) is 36. The predicted octanol–water partition coefficient (Wildman–Crippen LogP) is 21.3. The molecule has 17 nitrogen and oxygen atoms in total. The number of hydrogen-bond donors (Lipinski definition) is 3. The summed E-state index contributed by atoms with van der Waals surface area (Å²) in [6, 6.07) is 0. The molecule has 0 aliphatic rings. The van der Waals surface area contributed by atoms with Gasteiger partial charge in [0.05, 0.1) is 26.4 Å². The number of hydrogen-bond acceptors (Lipinski definition) is 15. The third kappa shape index (κ3) is 68.1. The lowest BCUT2D eigenvalue weighted by atomic mass is 10.0. The number of carbonyl (C=O) groups excluding carboxylic acids is 4. The predicted molar refractivity (Wildman–Crippen MR) is 381 cm³/mol. The van der Waals surface area contributed by atoms with E-state index in [0.717, 1.165) is 121 Å². The van der Waals surface area contributed by atoms with Crippen molar-refractivity contribution in [2.45, 2.75) is 375 Å². The molecule has 0 aromatic carbocycles. The highest BCUT2D eigenvalue weighted by Crippen LogP contribution is 2.45. The van der Waals surface area contributed by atoms with Crippen LogP contribution in [0.15, 0.2) is 24.3 Å². The molecule has 0 saturated heterocycles. The largest absolute Gasteiger partial charge is 0.472 e. The fraction of sp³-hybridized carbons (Fsp3) is 0.893. The molecule has 0 aliphatic heterocycles. The fourth-order valence-corrected chi connectivity index (χ4v) is 12.5. The molecule has 0 spiro atoms. The summed E-state index contributed by atoms with van der Waals surface area (Å²) >= 11 is 0. The molecule has 0 heterocycles. The average molecular weight is 1380 g/mol. The molecular weight excluding hydrogens is 1230 g/mol. The zero-order chi connectivity index (χ0) is 69.4. The molecule has 0 fully saturated rings. The highest BCUT2D eigenvalue weighted by atomic mass is 31.2. The number of aliphatic hydroxyl groups is 1. The molecule has 0 amide bonds. The van der Waals surface area contributed by atoms with E-state index in [9.17, 15) is 43.2 Å². The lowest BCUT2D eigenvalue weighted by molar-refractivity contribution is -0.161. The Bertz CT molecular complexity index is 1930. The molecule has 94 heavy (non-hydrogen) atoms. The monoisotopic (exact) mass is 1380 g/mol. The second kappa shape index (κ2) is 65.2. The van der Waals surface area contributed by atoms with Crippen LogP contribution in [-0.4, -0.2) is 96.7 Å². The second-order valence-corrected chi connectivity index (χ2v) is 30.7. The zero-order valence-electron chi connectivity index (χ0n) is 60.9. The maximum Gasteiger partial charge on any atom is 0.472 e. The molecule has 554 valence electrons. The summed E-state index contributed by atoms with van der Waals surface area (Å²) in [4.78, 5) is 72.6. The molecule has 0 aromatic heterocycles. The van der Waals surface area contributed by atoms with Gasteiger partial charge in [-0.1, -0.05) is 304 Å². The first-order valence-corrected chi connectivity index (χ1v) is 41.2. The first-order valence-electron chi connectivity index (χ1n) is 38.2. The first-order chi connectivity index (χ1) is 45.2. The van der Waals surface area contributed by atoms with Crippen molar-refractivity contribution in [3.05, 3.63) is 24.3 Å². The molecular formula is C75H142O17P2. The van der Waals surface area contributed by atoms with Crippen LogP contribution in [0, 0.1) is 17.8 Å². The van der Waals surface area contributed by atoms with Crippen LogP contribution < -0.4 is 0 Å². The second-order valence-electron chi connectivity index (χ2n) is 27.8. The van der Waals surface area contributed by atoms with Gasteiger partial charge in [0.15, 0.2) is 12.2 Å². The van der Waals surface area contributed by atoms with Gasteiger partial charge in [-0.05, 0) is 69.1 Å². The summed E-state index contributed by atoms with van der Waals surface area (Å²) < 4.78 is 68.3. The number of ether oxygens (including phenoxy) is 4. The maximum atomic E-state index is 13.0. The van der Waals surface area contributed by atoms with Crippen LogP contribution in [0.1, 0.15) is 357 Å². The Labute approximate surface area is 573 Å². The molecule has 0 aromatic rings. The van der Waals surface area contributed by atoms with Crippen molar-refractivity contribution in [3.8, 4) is 0 Å². The molecule has 0 saturated carbocycles. The first kappa shape index (κ1) is 91.5. The van der Waals surface area contributed by atoms with E-state index in [1.807, 2.05) is 0 Å². The smallest absolute Gasteiger partial charge is 0.462 e. The van der Waals surface area contributed by atoms with E-state index >= 15 is 0 Å². The zero-order valence-corrected chi connectivity index (χ0v) is 62.7. The van der Waals surface area contributed by atoms with Gasteiger partial charge >= 0.3 is 39.5 Å². The molecule has 5 atom stereocenters. The number of allylic oxidation sites excluding steroid dienone is 4. The lowest BCUT2D eigenvalue weighted by Gasteiger charge is -2.21. The Morgan fingerprint density at radius 3 is 0.862 bits per heavy atom. The van der Waals surface area contributed by atoms with E-state index < -0.39 is 97.5 Å². The number of aliphatic hydroxyl groups excluding tert-OH is 1. The van der Waals surface area contributed by atoms with Crippen LogP contribution in [0.4, 0.5) is 0 Å². The Hall–Kier alpha value is -2.46. The number of phosphoric ester groups is 2. The van der Waals surface area contributed by atoms with Gasteiger partial charge in [0.1, 0.15) is 19.3 Å². The number of rotatable bonds is 71. The number of esters is 4. The van der Waals surface area contributed by atoms with Crippen LogP contribution in [0.2, 0.25) is 0 Å². The molecule has 19 heteroatoms.